The van der Waals surface area contributed by atoms with E-state index in [0.29, 0.717) is 16.7 Å². The van der Waals surface area contributed by atoms with E-state index in [2.05, 4.69) is 101 Å². The highest BCUT2D eigenvalue weighted by molar-refractivity contribution is 5.95. The molecule has 196 valence electrons. The third-order valence-corrected chi connectivity index (χ3v) is 6.64. The molecule has 3 unspecified atom stereocenters. The van der Waals surface area contributed by atoms with Crippen LogP contribution in [0.3, 0.4) is 0 Å². The molecule has 0 aromatic heterocycles. The van der Waals surface area contributed by atoms with Crippen LogP contribution >= 0.6 is 0 Å². The van der Waals surface area contributed by atoms with Crippen LogP contribution in [0.4, 0.5) is 0 Å². The van der Waals surface area contributed by atoms with Crippen LogP contribution in [0.2, 0.25) is 0 Å². The van der Waals surface area contributed by atoms with Gasteiger partial charge in [0, 0.05) is 0 Å². The summed E-state index contributed by atoms with van der Waals surface area (Å²) in [7, 11) is 0. The van der Waals surface area contributed by atoms with Gasteiger partial charge in [0.05, 0.1) is 12.3 Å². The van der Waals surface area contributed by atoms with Gasteiger partial charge in [0.25, 0.3) is 0 Å². The van der Waals surface area contributed by atoms with Gasteiger partial charge in [0.15, 0.2) is 0 Å². The number of esters is 2. The highest BCUT2D eigenvalue weighted by atomic mass is 16.6. The van der Waals surface area contributed by atoms with Crippen LogP contribution in [0.1, 0.15) is 123 Å². The number of carbonyl (C=O) groups excluding carboxylic acids is 2. The first-order valence-corrected chi connectivity index (χ1v) is 12.8. The van der Waals surface area contributed by atoms with Crippen molar-refractivity contribution in [2.75, 3.05) is 0 Å². The Morgan fingerprint density at radius 3 is 1.67 bits per heavy atom. The van der Waals surface area contributed by atoms with Crippen LogP contribution in [0.25, 0.3) is 0 Å². The quantitative estimate of drug-likeness (QED) is 0.222. The van der Waals surface area contributed by atoms with Crippen LogP contribution < -0.4 is 0 Å². The standard InChI is InChI=1S/C13H26.C9H20.C6H6O3.C2H6/c1-10(2)13(7,8)11(3)9-12(4,5)6;1-6-7-8(2)9(3,4)5;1-2-4-3-5(7)9-6(4)8;1-2/h11H,1,9H2,2-8H3;8H,6-7H2,1-5H3;2,4H,1,3H2;1-2H3. The van der Waals surface area contributed by atoms with E-state index in [-0.39, 0.29) is 11.8 Å². The van der Waals surface area contributed by atoms with Crippen LogP contribution in [-0.4, -0.2) is 11.9 Å². The first kappa shape index (κ1) is 36.2. The summed E-state index contributed by atoms with van der Waals surface area (Å²) in [6.07, 6.45) is 5.52. The lowest BCUT2D eigenvalue weighted by Gasteiger charge is -2.36. The average Bonchev–Trinajstić information content (AvgIpc) is 2.99. The summed E-state index contributed by atoms with van der Waals surface area (Å²) in [5.74, 6) is 0.227. The smallest absolute Gasteiger partial charge is 0.321 e. The second-order valence-corrected chi connectivity index (χ2v) is 12.1. The maximum Gasteiger partial charge on any atom is 0.321 e. The van der Waals surface area contributed by atoms with Crippen molar-refractivity contribution < 1.29 is 14.3 Å². The van der Waals surface area contributed by atoms with Crippen LogP contribution in [0, 0.1) is 34.0 Å². The molecule has 0 aromatic rings. The molecule has 0 N–H and O–H groups in total. The van der Waals surface area contributed by atoms with Crippen molar-refractivity contribution in [1.29, 1.82) is 0 Å². The molecule has 33 heavy (non-hydrogen) atoms. The predicted molar refractivity (Wildman–Crippen MR) is 146 cm³/mol. The number of ether oxygens (including phenoxy) is 1. The number of carbonyl (C=O) groups is 2. The van der Waals surface area contributed by atoms with E-state index in [1.54, 1.807) is 0 Å². The molecule has 0 spiro atoms. The lowest BCUT2D eigenvalue weighted by Crippen LogP contribution is -2.26. The summed E-state index contributed by atoms with van der Waals surface area (Å²) in [6.45, 7) is 39.0. The molecule has 0 bridgehead atoms. The van der Waals surface area contributed by atoms with E-state index < -0.39 is 17.9 Å². The molecule has 0 saturated carbocycles. The zero-order valence-electron chi connectivity index (χ0n) is 24.8. The molecule has 1 rings (SSSR count). The fourth-order valence-electron chi connectivity index (χ4n) is 3.13. The van der Waals surface area contributed by atoms with Gasteiger partial charge in [0.2, 0.25) is 0 Å². The summed E-state index contributed by atoms with van der Waals surface area (Å²) in [5, 5.41) is 0. The van der Waals surface area contributed by atoms with Gasteiger partial charge in [-0.15, -0.1) is 6.58 Å². The maximum absolute atomic E-state index is 10.5. The average molecular weight is 467 g/mol. The molecule has 0 aromatic carbocycles. The predicted octanol–water partition coefficient (Wildman–Crippen LogP) is 9.42. The first-order valence-electron chi connectivity index (χ1n) is 12.8. The number of hydrogen-bond acceptors (Lipinski definition) is 3. The Bertz CT molecular complexity index is 585. The SMILES string of the molecule is C=C(C)C(C)(C)C(C)CC(C)(C)C.C=CC1CC(=O)OC1=O.CC.CCCC(C)C(C)(C)C. The number of hydrogen-bond donors (Lipinski definition) is 0. The second-order valence-electron chi connectivity index (χ2n) is 12.1. The normalized spacial score (nSPS) is 17.7. The Hall–Kier alpha value is -1.38. The van der Waals surface area contributed by atoms with E-state index in [1.165, 1.54) is 30.9 Å². The van der Waals surface area contributed by atoms with Crippen LogP contribution in [-0.2, 0) is 14.3 Å². The van der Waals surface area contributed by atoms with Gasteiger partial charge in [-0.3, -0.25) is 9.59 Å². The molecule has 3 heteroatoms. The summed E-state index contributed by atoms with van der Waals surface area (Å²) in [6, 6.07) is 0. The third kappa shape index (κ3) is 16.8. The van der Waals surface area contributed by atoms with E-state index in [0.717, 1.165) is 5.92 Å². The molecule has 1 heterocycles. The lowest BCUT2D eigenvalue weighted by atomic mass is 9.69. The lowest BCUT2D eigenvalue weighted by molar-refractivity contribution is -0.152. The van der Waals surface area contributed by atoms with Crippen molar-refractivity contribution in [3.05, 3.63) is 24.8 Å². The van der Waals surface area contributed by atoms with Crippen molar-refractivity contribution in [1.82, 2.24) is 0 Å². The van der Waals surface area contributed by atoms with E-state index in [9.17, 15) is 9.59 Å². The van der Waals surface area contributed by atoms with Gasteiger partial charge in [0.1, 0.15) is 0 Å². The van der Waals surface area contributed by atoms with Crippen LogP contribution in [0.5, 0.6) is 0 Å². The third-order valence-electron chi connectivity index (χ3n) is 6.64. The fraction of sp³-hybridized carbons (Fsp3) is 0.800. The molecule has 1 aliphatic heterocycles. The molecule has 3 nitrogen and oxygen atoms in total. The Kier molecular flexibility index (Phi) is 17.9. The minimum atomic E-state index is -0.477. The van der Waals surface area contributed by atoms with E-state index >= 15 is 0 Å². The number of allylic oxidation sites excluding steroid dienone is 1. The minimum absolute atomic E-state index is 0.155. The van der Waals surface area contributed by atoms with Gasteiger partial charge < -0.3 is 4.74 Å². The minimum Gasteiger partial charge on any atom is -0.393 e. The fourth-order valence-corrected chi connectivity index (χ4v) is 3.13. The van der Waals surface area contributed by atoms with Gasteiger partial charge in [-0.05, 0) is 41.4 Å². The largest absolute Gasteiger partial charge is 0.393 e. The zero-order chi connectivity index (χ0) is 27.2. The Balaban J connectivity index is -0.000000402. The Morgan fingerprint density at radius 1 is 1.03 bits per heavy atom. The van der Waals surface area contributed by atoms with Crippen molar-refractivity contribution in [3.63, 3.8) is 0 Å². The van der Waals surface area contributed by atoms with Crippen molar-refractivity contribution in [2.45, 2.75) is 123 Å². The van der Waals surface area contributed by atoms with Gasteiger partial charge in [-0.25, -0.2) is 0 Å². The highest BCUT2D eigenvalue weighted by Crippen LogP contribution is 2.40. The number of cyclic esters (lactones) is 2. The maximum atomic E-state index is 10.5. The van der Waals surface area contributed by atoms with Crippen molar-refractivity contribution >= 4 is 11.9 Å². The Labute approximate surface area is 207 Å². The second kappa shape index (κ2) is 16.3. The zero-order valence-corrected chi connectivity index (χ0v) is 24.8. The summed E-state index contributed by atoms with van der Waals surface area (Å²) in [4.78, 5) is 20.8. The van der Waals surface area contributed by atoms with E-state index in [4.69, 9.17) is 0 Å². The topological polar surface area (TPSA) is 43.4 Å². The summed E-state index contributed by atoms with van der Waals surface area (Å²) >= 11 is 0. The molecule has 0 aliphatic carbocycles. The van der Waals surface area contributed by atoms with E-state index in [1.807, 2.05) is 13.8 Å². The molecular formula is C30H58O3. The summed E-state index contributed by atoms with van der Waals surface area (Å²) < 4.78 is 4.22. The van der Waals surface area contributed by atoms with Gasteiger partial charge >= 0.3 is 11.9 Å². The van der Waals surface area contributed by atoms with Crippen molar-refractivity contribution in [2.24, 2.45) is 34.0 Å². The Morgan fingerprint density at radius 2 is 1.48 bits per heavy atom. The molecular weight excluding hydrogens is 408 g/mol. The monoisotopic (exact) mass is 466 g/mol. The molecule has 0 radical (unpaired) electrons. The number of rotatable bonds is 6. The van der Waals surface area contributed by atoms with Crippen molar-refractivity contribution in [3.8, 4) is 0 Å². The summed E-state index contributed by atoms with van der Waals surface area (Å²) in [5.41, 5.74) is 2.50. The first-order chi connectivity index (χ1) is 14.8. The molecule has 1 saturated heterocycles. The highest BCUT2D eigenvalue weighted by Gasteiger charge is 2.30. The van der Waals surface area contributed by atoms with Gasteiger partial charge in [-0.1, -0.05) is 121 Å². The molecule has 1 fully saturated rings. The van der Waals surface area contributed by atoms with Crippen LogP contribution in [0.15, 0.2) is 24.8 Å². The molecule has 3 atom stereocenters. The molecule has 1 aliphatic rings. The van der Waals surface area contributed by atoms with Gasteiger partial charge in [-0.2, -0.15) is 0 Å². The molecule has 0 amide bonds.